The van der Waals surface area contributed by atoms with Crippen molar-refractivity contribution in [2.45, 2.75) is 32.1 Å². The molecule has 0 unspecified atom stereocenters. The van der Waals surface area contributed by atoms with Crippen LogP contribution in [0.5, 0.6) is 0 Å². The maximum atomic E-state index is 14.3. The molecule has 1 aromatic heterocycles. The molecular weight excluding hydrogens is 493 g/mol. The number of para-hydroxylation sites is 1. The maximum Gasteiger partial charge on any atom is 0.241 e. The van der Waals surface area contributed by atoms with Crippen LogP contribution < -0.4 is 21.2 Å². The van der Waals surface area contributed by atoms with Gasteiger partial charge in [0.1, 0.15) is 12.2 Å². The van der Waals surface area contributed by atoms with Gasteiger partial charge in [0.15, 0.2) is 0 Å². The van der Waals surface area contributed by atoms with Crippen molar-refractivity contribution in [1.82, 2.24) is 0 Å². The average molecular weight is 525 g/mol. The van der Waals surface area contributed by atoms with Crippen LogP contribution in [0.3, 0.4) is 0 Å². The van der Waals surface area contributed by atoms with E-state index < -0.39 is 0 Å². The van der Waals surface area contributed by atoms with Crippen molar-refractivity contribution >= 4 is 23.6 Å². The lowest BCUT2D eigenvalue weighted by Gasteiger charge is -2.20. The molecule has 0 spiro atoms. The van der Waals surface area contributed by atoms with Gasteiger partial charge in [-0.25, -0.2) is 4.39 Å². The Labute approximate surface area is 226 Å². The van der Waals surface area contributed by atoms with E-state index in [0.717, 1.165) is 46.5 Å². The number of nitrogens with one attached hydrogen (secondary N) is 2. The molecule has 3 aromatic carbocycles. The van der Waals surface area contributed by atoms with Crippen LogP contribution in [0, 0.1) is 11.7 Å². The van der Waals surface area contributed by atoms with E-state index in [4.69, 9.17) is 5.84 Å². The molecule has 0 saturated carbocycles. The molecule has 2 heterocycles. The van der Waals surface area contributed by atoms with Crippen LogP contribution in [-0.2, 0) is 4.79 Å². The lowest BCUT2D eigenvalue weighted by molar-refractivity contribution is -0.909. The van der Waals surface area contributed by atoms with E-state index in [1.165, 1.54) is 23.2 Å². The molecule has 7 nitrogen and oxygen atoms in total. The minimum absolute atomic E-state index is 0.0929. The SMILES string of the molecule is C[C@H]1CCC[C@H](c2ccc(-c3ccccc3N/C=N\N)c[n+]2O)c2cccc(c2)-c2cc(F)ccc2NC1=O. The van der Waals surface area contributed by atoms with Gasteiger partial charge in [0, 0.05) is 39.2 Å². The summed E-state index contributed by atoms with van der Waals surface area (Å²) in [6.45, 7) is 1.90. The Bertz CT molecular complexity index is 1540. The van der Waals surface area contributed by atoms with E-state index in [1.54, 1.807) is 12.3 Å². The van der Waals surface area contributed by atoms with Crippen molar-refractivity contribution in [3.8, 4) is 22.3 Å². The van der Waals surface area contributed by atoms with Gasteiger partial charge in [0.25, 0.3) is 0 Å². The Morgan fingerprint density at radius 3 is 2.69 bits per heavy atom. The molecule has 1 aliphatic heterocycles. The van der Waals surface area contributed by atoms with Crippen molar-refractivity contribution in [3.05, 3.63) is 102 Å². The van der Waals surface area contributed by atoms with Crippen LogP contribution in [0.15, 0.2) is 90.2 Å². The average Bonchev–Trinajstić information content (AvgIpc) is 2.95. The summed E-state index contributed by atoms with van der Waals surface area (Å²) in [4.78, 5) is 12.9. The summed E-state index contributed by atoms with van der Waals surface area (Å²) in [5.74, 6) is 4.42. The number of hydrogen-bond acceptors (Lipinski definition) is 4. The van der Waals surface area contributed by atoms with Crippen LogP contribution in [0.1, 0.15) is 43.4 Å². The highest BCUT2D eigenvalue weighted by Crippen LogP contribution is 2.36. The summed E-state index contributed by atoms with van der Waals surface area (Å²) in [6.07, 6.45) is 5.29. The van der Waals surface area contributed by atoms with Crippen molar-refractivity contribution in [2.24, 2.45) is 16.9 Å². The van der Waals surface area contributed by atoms with E-state index in [9.17, 15) is 14.4 Å². The fourth-order valence-electron chi connectivity index (χ4n) is 5.19. The second-order valence-corrected chi connectivity index (χ2v) is 9.84. The normalized spacial score (nSPS) is 17.5. The highest BCUT2D eigenvalue weighted by atomic mass is 19.1. The van der Waals surface area contributed by atoms with Gasteiger partial charge >= 0.3 is 0 Å². The van der Waals surface area contributed by atoms with E-state index in [1.807, 2.05) is 67.6 Å². The van der Waals surface area contributed by atoms with Gasteiger partial charge in [0.2, 0.25) is 17.8 Å². The zero-order valence-corrected chi connectivity index (χ0v) is 21.6. The van der Waals surface area contributed by atoms with Gasteiger partial charge in [0.05, 0.1) is 11.5 Å². The number of hydrogen-bond donors (Lipinski definition) is 4. The number of benzene rings is 3. The van der Waals surface area contributed by atoms with Gasteiger partial charge < -0.3 is 16.5 Å². The van der Waals surface area contributed by atoms with E-state index in [2.05, 4.69) is 15.7 Å². The molecule has 8 heteroatoms. The number of carbonyl (C=O) groups excluding carboxylic acids is 1. The number of fused-ring (bicyclic) bond motifs is 4. The predicted octanol–water partition coefficient (Wildman–Crippen LogP) is 5.89. The van der Waals surface area contributed by atoms with Crippen molar-refractivity contribution in [1.29, 1.82) is 0 Å². The van der Waals surface area contributed by atoms with Gasteiger partial charge in [-0.05, 0) is 54.3 Å². The molecule has 0 radical (unpaired) electrons. The summed E-state index contributed by atoms with van der Waals surface area (Å²) >= 11 is 0. The number of nitrogens with zero attached hydrogens (tertiary/aromatic N) is 2. The van der Waals surface area contributed by atoms with E-state index in [0.29, 0.717) is 17.7 Å². The van der Waals surface area contributed by atoms with Crippen LogP contribution in [0.4, 0.5) is 15.8 Å². The largest absolute Gasteiger partial charge is 0.344 e. The molecule has 39 heavy (non-hydrogen) atoms. The van der Waals surface area contributed by atoms with Crippen LogP contribution in [-0.4, -0.2) is 17.5 Å². The van der Waals surface area contributed by atoms with Crippen molar-refractivity contribution < 1.29 is 19.1 Å². The number of carbonyl (C=O) groups is 1. The molecule has 198 valence electrons. The van der Waals surface area contributed by atoms with Gasteiger partial charge in [-0.3, -0.25) is 10.0 Å². The summed E-state index contributed by atoms with van der Waals surface area (Å²) in [6, 6.07) is 23.9. The fourth-order valence-corrected chi connectivity index (χ4v) is 5.19. The summed E-state index contributed by atoms with van der Waals surface area (Å²) in [7, 11) is 0. The lowest BCUT2D eigenvalue weighted by atomic mass is 9.86. The number of hydrazone groups is 1. The molecule has 5 rings (SSSR count). The highest BCUT2D eigenvalue weighted by molar-refractivity contribution is 5.96. The third-order valence-corrected chi connectivity index (χ3v) is 7.27. The van der Waals surface area contributed by atoms with E-state index >= 15 is 0 Å². The molecule has 2 bridgehead atoms. The van der Waals surface area contributed by atoms with Crippen molar-refractivity contribution in [2.75, 3.05) is 10.6 Å². The molecular formula is C31H31FN5O2+. The van der Waals surface area contributed by atoms with Crippen LogP contribution >= 0.6 is 0 Å². The van der Waals surface area contributed by atoms with Gasteiger partial charge in [-0.1, -0.05) is 55.8 Å². The lowest BCUT2D eigenvalue weighted by Crippen LogP contribution is -2.37. The Morgan fingerprint density at radius 1 is 1.03 bits per heavy atom. The Kier molecular flexibility index (Phi) is 7.54. The van der Waals surface area contributed by atoms with E-state index in [-0.39, 0.29) is 23.6 Å². The molecule has 1 amide bonds. The molecule has 1 aliphatic rings. The third kappa shape index (κ3) is 5.60. The van der Waals surface area contributed by atoms with Gasteiger partial charge in [-0.15, -0.1) is 0 Å². The minimum Gasteiger partial charge on any atom is -0.344 e. The monoisotopic (exact) mass is 524 g/mol. The molecule has 0 saturated heterocycles. The topological polar surface area (TPSA) is 104 Å². The second kappa shape index (κ2) is 11.3. The number of aromatic nitrogens is 1. The first-order valence-corrected chi connectivity index (χ1v) is 13.0. The predicted molar refractivity (Wildman–Crippen MR) is 151 cm³/mol. The summed E-state index contributed by atoms with van der Waals surface area (Å²) in [5, 5.41) is 20.8. The first kappa shape index (κ1) is 25.9. The van der Waals surface area contributed by atoms with Crippen LogP contribution in [0.25, 0.3) is 22.3 Å². The number of pyridine rings is 1. The molecule has 0 aliphatic carbocycles. The Hall–Kier alpha value is -4.72. The minimum atomic E-state index is -0.374. The third-order valence-electron chi connectivity index (χ3n) is 7.27. The zero-order valence-electron chi connectivity index (χ0n) is 21.6. The van der Waals surface area contributed by atoms with Gasteiger partial charge in [-0.2, -0.15) is 5.10 Å². The van der Waals surface area contributed by atoms with Crippen LogP contribution in [0.2, 0.25) is 0 Å². The number of anilines is 2. The first-order valence-electron chi connectivity index (χ1n) is 13.0. The summed E-state index contributed by atoms with van der Waals surface area (Å²) < 4.78 is 15.5. The maximum absolute atomic E-state index is 14.3. The Morgan fingerprint density at radius 2 is 1.87 bits per heavy atom. The molecule has 0 fully saturated rings. The number of nitrogens with two attached hydrogens (primary N) is 1. The fraction of sp³-hybridized carbons (Fsp3) is 0.194. The second-order valence-electron chi connectivity index (χ2n) is 9.84. The zero-order chi connectivity index (χ0) is 27.4. The highest BCUT2D eigenvalue weighted by Gasteiger charge is 2.27. The number of amides is 1. The number of halogens is 1. The van der Waals surface area contributed by atoms with Crippen molar-refractivity contribution in [3.63, 3.8) is 0 Å². The molecule has 5 N–H and O–H groups in total. The number of rotatable bonds is 4. The Balaban J connectivity index is 1.58. The first-order chi connectivity index (χ1) is 18.9. The summed E-state index contributed by atoms with van der Waals surface area (Å²) in [5.41, 5.74) is 6.21. The standard InChI is InChI=1S/C31H30FN5O2/c1-20-6-4-10-26(21-7-5-8-22(16-21)27-17-24(32)13-14-29(27)36-31(20)38)30-15-12-23(18-37(30)39)25-9-2-3-11-28(25)34-19-35-33/h2-3,5,7-9,11-20,26H,4,6,10,33H2,1H3,(H2-,34,35,36,38,39)/p+1/t20-,26-/m0/s1. The quantitative estimate of drug-likeness (QED) is 0.0668. The smallest absolute Gasteiger partial charge is 0.241 e. The molecule has 4 aromatic rings. The molecule has 2 atom stereocenters.